The zero-order chi connectivity index (χ0) is 24.2. The molecule has 34 heavy (non-hydrogen) atoms. The third-order valence-electron chi connectivity index (χ3n) is 6.15. The van der Waals surface area contributed by atoms with E-state index in [9.17, 15) is 14.4 Å². The average Bonchev–Trinajstić information content (AvgIpc) is 3.27. The first-order valence-electron chi connectivity index (χ1n) is 11.6. The molecule has 0 spiro atoms. The fourth-order valence-electron chi connectivity index (χ4n) is 4.22. The molecule has 0 radical (unpaired) electrons. The number of benzene rings is 2. The van der Waals surface area contributed by atoms with Crippen molar-refractivity contribution in [1.29, 1.82) is 0 Å². The third-order valence-corrected chi connectivity index (χ3v) is 6.15. The molecule has 178 valence electrons. The molecule has 0 aliphatic carbocycles. The van der Waals surface area contributed by atoms with Crippen molar-refractivity contribution in [3.05, 3.63) is 65.5 Å². The molecule has 1 aliphatic heterocycles. The molecule has 1 atom stereocenters. The second-order valence-electron chi connectivity index (χ2n) is 9.10. The summed E-state index contributed by atoms with van der Waals surface area (Å²) in [5.74, 6) is -0.388. The second kappa shape index (κ2) is 10.1. The summed E-state index contributed by atoms with van der Waals surface area (Å²) in [6.45, 7) is 7.22. The highest BCUT2D eigenvalue weighted by molar-refractivity contribution is 5.92. The number of fused-ring (bicyclic) bond motifs is 1. The quantitative estimate of drug-likeness (QED) is 0.608. The summed E-state index contributed by atoms with van der Waals surface area (Å²) in [4.78, 5) is 42.0. The van der Waals surface area contributed by atoms with Crippen LogP contribution >= 0.6 is 0 Å². The number of rotatable bonds is 6. The number of hydrogen-bond acceptors (Lipinski definition) is 5. The maximum Gasteiger partial charge on any atom is 0.292 e. The van der Waals surface area contributed by atoms with Crippen molar-refractivity contribution in [3.8, 4) is 0 Å². The number of nitrogens with zero attached hydrogens (tertiary/aromatic N) is 3. The van der Waals surface area contributed by atoms with Crippen molar-refractivity contribution in [2.75, 3.05) is 26.2 Å². The first-order chi connectivity index (χ1) is 16.3. The molecule has 3 amide bonds. The summed E-state index contributed by atoms with van der Waals surface area (Å²) in [6.07, 6.45) is 0.209. The van der Waals surface area contributed by atoms with Crippen LogP contribution in [0.5, 0.6) is 0 Å². The van der Waals surface area contributed by atoms with Crippen LogP contribution in [0.3, 0.4) is 0 Å². The third kappa shape index (κ3) is 5.27. The van der Waals surface area contributed by atoms with Gasteiger partial charge in [-0.2, -0.15) is 0 Å². The summed E-state index contributed by atoms with van der Waals surface area (Å²) < 4.78 is 5.07. The largest absolute Gasteiger partial charge is 0.351 e. The van der Waals surface area contributed by atoms with E-state index >= 15 is 0 Å². The van der Waals surface area contributed by atoms with Gasteiger partial charge in [0.05, 0.1) is 12.1 Å². The van der Waals surface area contributed by atoms with E-state index in [1.54, 1.807) is 22.8 Å². The number of aryl methyl sites for hydroxylation is 1. The van der Waals surface area contributed by atoms with E-state index in [0.29, 0.717) is 31.9 Å². The van der Waals surface area contributed by atoms with Gasteiger partial charge >= 0.3 is 0 Å². The van der Waals surface area contributed by atoms with Crippen LogP contribution < -0.4 is 5.32 Å². The molecule has 8 heteroatoms. The first kappa shape index (κ1) is 23.5. The fraction of sp³-hybridized carbons (Fsp3) is 0.385. The minimum absolute atomic E-state index is 0.0649. The Hall–Kier alpha value is -3.68. The van der Waals surface area contributed by atoms with Gasteiger partial charge in [-0.3, -0.25) is 14.4 Å². The Bertz CT molecular complexity index is 1190. The van der Waals surface area contributed by atoms with Crippen molar-refractivity contribution < 1.29 is 18.9 Å². The van der Waals surface area contributed by atoms with Gasteiger partial charge in [-0.15, -0.1) is 0 Å². The minimum atomic E-state index is -0.618. The molecule has 2 heterocycles. The topological polar surface area (TPSA) is 95.8 Å². The van der Waals surface area contributed by atoms with Gasteiger partial charge in [-0.25, -0.2) is 0 Å². The SMILES string of the molecule is Cc1cc(C(=O)N2CCN(C(=O)C(NC(=O)Cc3ccc4ccccc4c3)C(C)C)CC2)on1. The van der Waals surface area contributed by atoms with Crippen LogP contribution in [0.2, 0.25) is 0 Å². The molecule has 2 aromatic carbocycles. The van der Waals surface area contributed by atoms with E-state index in [0.717, 1.165) is 16.3 Å². The molecular formula is C26H30N4O4. The number of carbonyl (C=O) groups excluding carboxylic acids is 3. The van der Waals surface area contributed by atoms with Gasteiger partial charge in [-0.05, 0) is 29.2 Å². The summed E-state index contributed by atoms with van der Waals surface area (Å²) in [7, 11) is 0. The maximum atomic E-state index is 13.2. The molecule has 1 aliphatic rings. The maximum absolute atomic E-state index is 13.2. The molecule has 3 aromatic rings. The zero-order valence-electron chi connectivity index (χ0n) is 19.8. The lowest BCUT2D eigenvalue weighted by molar-refractivity contribution is -0.138. The van der Waals surface area contributed by atoms with Crippen molar-refractivity contribution in [2.45, 2.75) is 33.2 Å². The van der Waals surface area contributed by atoms with Crippen LogP contribution in [0.15, 0.2) is 53.1 Å². The number of amides is 3. The molecular weight excluding hydrogens is 432 g/mol. The zero-order valence-corrected chi connectivity index (χ0v) is 19.8. The number of nitrogens with one attached hydrogen (secondary N) is 1. The van der Waals surface area contributed by atoms with Crippen LogP contribution in [0.25, 0.3) is 10.8 Å². The van der Waals surface area contributed by atoms with Gasteiger partial charge in [0, 0.05) is 32.2 Å². The highest BCUT2D eigenvalue weighted by Gasteiger charge is 2.32. The van der Waals surface area contributed by atoms with Crippen molar-refractivity contribution >= 4 is 28.5 Å². The van der Waals surface area contributed by atoms with E-state index in [4.69, 9.17) is 4.52 Å². The number of hydrogen-bond donors (Lipinski definition) is 1. The van der Waals surface area contributed by atoms with Crippen LogP contribution in [-0.2, 0) is 16.0 Å². The van der Waals surface area contributed by atoms with E-state index < -0.39 is 6.04 Å². The molecule has 8 nitrogen and oxygen atoms in total. The number of carbonyl (C=O) groups is 3. The lowest BCUT2D eigenvalue weighted by atomic mass is 10.0. The molecule has 0 saturated carbocycles. The number of aromatic nitrogens is 1. The Balaban J connectivity index is 1.34. The Kier molecular flexibility index (Phi) is 6.95. The molecule has 4 rings (SSSR count). The van der Waals surface area contributed by atoms with Crippen LogP contribution in [0.1, 0.15) is 35.7 Å². The van der Waals surface area contributed by atoms with E-state index in [2.05, 4.69) is 10.5 Å². The second-order valence-corrected chi connectivity index (χ2v) is 9.10. The summed E-state index contributed by atoms with van der Waals surface area (Å²) in [6, 6.07) is 15.0. The molecule has 1 N–H and O–H groups in total. The molecule has 1 fully saturated rings. The smallest absolute Gasteiger partial charge is 0.292 e. The lowest BCUT2D eigenvalue weighted by Gasteiger charge is -2.37. The van der Waals surface area contributed by atoms with Gasteiger partial charge in [0.1, 0.15) is 6.04 Å². The van der Waals surface area contributed by atoms with Gasteiger partial charge in [-0.1, -0.05) is 61.5 Å². The van der Waals surface area contributed by atoms with E-state index in [1.165, 1.54) is 0 Å². The Labute approximate surface area is 198 Å². The van der Waals surface area contributed by atoms with Gasteiger partial charge in [0.25, 0.3) is 5.91 Å². The molecule has 1 unspecified atom stereocenters. The monoisotopic (exact) mass is 462 g/mol. The highest BCUT2D eigenvalue weighted by Crippen LogP contribution is 2.17. The highest BCUT2D eigenvalue weighted by atomic mass is 16.5. The van der Waals surface area contributed by atoms with Gasteiger partial charge in [0.2, 0.25) is 17.6 Å². The van der Waals surface area contributed by atoms with Gasteiger partial charge in [0.15, 0.2) is 0 Å². The number of piperazine rings is 1. The van der Waals surface area contributed by atoms with Gasteiger partial charge < -0.3 is 19.6 Å². The van der Waals surface area contributed by atoms with Crippen LogP contribution in [0, 0.1) is 12.8 Å². The first-order valence-corrected chi connectivity index (χ1v) is 11.6. The van der Waals surface area contributed by atoms with Crippen molar-refractivity contribution in [1.82, 2.24) is 20.3 Å². The Morgan fingerprint density at radius 1 is 0.971 bits per heavy atom. The van der Waals surface area contributed by atoms with E-state index in [-0.39, 0.29) is 35.8 Å². The summed E-state index contributed by atoms with van der Waals surface area (Å²) in [5.41, 5.74) is 1.55. The summed E-state index contributed by atoms with van der Waals surface area (Å²) >= 11 is 0. The molecule has 1 saturated heterocycles. The van der Waals surface area contributed by atoms with Crippen molar-refractivity contribution in [2.24, 2.45) is 5.92 Å². The standard InChI is InChI=1S/C26H30N4O4/c1-17(2)24(27-23(31)16-19-8-9-20-6-4-5-7-21(20)15-19)26(33)30-12-10-29(11-13-30)25(32)22-14-18(3)28-34-22/h4-9,14-15,17,24H,10-13,16H2,1-3H3,(H,27,31). The van der Waals surface area contributed by atoms with Crippen LogP contribution in [-0.4, -0.2) is 64.9 Å². The molecule has 1 aromatic heterocycles. The predicted octanol–water partition coefficient (Wildman–Crippen LogP) is 2.80. The molecule has 0 bridgehead atoms. The predicted molar refractivity (Wildman–Crippen MR) is 128 cm³/mol. The van der Waals surface area contributed by atoms with Crippen molar-refractivity contribution in [3.63, 3.8) is 0 Å². The lowest BCUT2D eigenvalue weighted by Crippen LogP contribution is -2.57. The fourth-order valence-corrected chi connectivity index (χ4v) is 4.22. The Morgan fingerprint density at radius 3 is 2.29 bits per heavy atom. The average molecular weight is 463 g/mol. The normalized spacial score (nSPS) is 14.9. The minimum Gasteiger partial charge on any atom is -0.351 e. The Morgan fingerprint density at radius 2 is 1.65 bits per heavy atom. The van der Waals surface area contributed by atoms with Crippen LogP contribution in [0.4, 0.5) is 0 Å². The van der Waals surface area contributed by atoms with E-state index in [1.807, 2.05) is 56.3 Å². The summed E-state index contributed by atoms with van der Waals surface area (Å²) in [5, 5.41) is 8.91.